The Kier molecular flexibility index (Phi) is 2.12. The van der Waals surface area contributed by atoms with Crippen LogP contribution in [0.25, 0.3) is 0 Å². The zero-order valence-corrected chi connectivity index (χ0v) is 6.52. The van der Waals surface area contributed by atoms with Crippen molar-refractivity contribution in [3.8, 4) is 0 Å². The molecule has 10 heavy (non-hydrogen) atoms. The largest absolute Gasteiger partial charge is 0.367 e. The second kappa shape index (κ2) is 2.88. The maximum atomic E-state index is 5.71. The van der Waals surface area contributed by atoms with E-state index in [0.717, 1.165) is 6.42 Å². The molecule has 1 atom stereocenters. The van der Waals surface area contributed by atoms with Gasteiger partial charge in [-0.25, -0.2) is 0 Å². The van der Waals surface area contributed by atoms with Gasteiger partial charge in [-0.15, -0.1) is 0 Å². The molecule has 2 nitrogen and oxygen atoms in total. The monoisotopic (exact) mass is 138 g/mol. The number of H-pyrrole nitrogens is 1. The van der Waals surface area contributed by atoms with E-state index in [9.17, 15) is 0 Å². The molecule has 2 heteroatoms. The summed E-state index contributed by atoms with van der Waals surface area (Å²) in [7, 11) is 0. The van der Waals surface area contributed by atoms with E-state index in [1.54, 1.807) is 0 Å². The van der Waals surface area contributed by atoms with Gasteiger partial charge in [-0.1, -0.05) is 6.92 Å². The topological polar surface area (TPSA) is 41.8 Å². The van der Waals surface area contributed by atoms with Crippen molar-refractivity contribution in [2.45, 2.75) is 26.3 Å². The molecule has 0 saturated heterocycles. The molecule has 0 aromatic carbocycles. The van der Waals surface area contributed by atoms with Crippen molar-refractivity contribution in [3.05, 3.63) is 23.5 Å². The third-order valence-corrected chi connectivity index (χ3v) is 1.74. The standard InChI is InChI=1S/C8H14N2/c1-3-7-4-10-5-8(7)6(2)9/h4-6,10H,3,9H2,1-2H3. The fraction of sp³-hybridized carbons (Fsp3) is 0.500. The van der Waals surface area contributed by atoms with Crippen LogP contribution in [0.2, 0.25) is 0 Å². The van der Waals surface area contributed by atoms with Crippen LogP contribution >= 0.6 is 0 Å². The molecule has 0 aliphatic heterocycles. The number of aryl methyl sites for hydroxylation is 1. The van der Waals surface area contributed by atoms with Gasteiger partial charge in [0, 0.05) is 18.4 Å². The minimum absolute atomic E-state index is 0.154. The Morgan fingerprint density at radius 2 is 2.30 bits per heavy atom. The van der Waals surface area contributed by atoms with E-state index in [2.05, 4.69) is 11.9 Å². The third-order valence-electron chi connectivity index (χ3n) is 1.74. The van der Waals surface area contributed by atoms with E-state index in [0.29, 0.717) is 0 Å². The third kappa shape index (κ3) is 1.21. The van der Waals surface area contributed by atoms with Gasteiger partial charge in [0.05, 0.1) is 0 Å². The Morgan fingerprint density at radius 3 is 2.70 bits per heavy atom. The summed E-state index contributed by atoms with van der Waals surface area (Å²) in [6.45, 7) is 4.14. The van der Waals surface area contributed by atoms with E-state index in [4.69, 9.17) is 5.73 Å². The van der Waals surface area contributed by atoms with E-state index < -0.39 is 0 Å². The molecule has 0 aliphatic rings. The molecule has 0 radical (unpaired) electrons. The minimum atomic E-state index is 0.154. The van der Waals surface area contributed by atoms with Crippen molar-refractivity contribution >= 4 is 0 Å². The van der Waals surface area contributed by atoms with Gasteiger partial charge in [0.25, 0.3) is 0 Å². The highest BCUT2D eigenvalue weighted by Gasteiger charge is 2.04. The molecule has 1 aromatic heterocycles. The quantitative estimate of drug-likeness (QED) is 0.640. The molecular weight excluding hydrogens is 124 g/mol. The summed E-state index contributed by atoms with van der Waals surface area (Å²) in [5, 5.41) is 0. The first-order valence-corrected chi connectivity index (χ1v) is 3.66. The molecule has 0 aliphatic carbocycles. The van der Waals surface area contributed by atoms with Crippen molar-refractivity contribution in [3.63, 3.8) is 0 Å². The van der Waals surface area contributed by atoms with E-state index in [1.807, 2.05) is 19.3 Å². The molecule has 1 aromatic rings. The molecule has 0 spiro atoms. The van der Waals surface area contributed by atoms with Gasteiger partial charge in [0.2, 0.25) is 0 Å². The van der Waals surface area contributed by atoms with E-state index in [1.165, 1.54) is 11.1 Å². The van der Waals surface area contributed by atoms with Crippen molar-refractivity contribution < 1.29 is 0 Å². The first-order valence-electron chi connectivity index (χ1n) is 3.66. The molecule has 3 N–H and O–H groups in total. The lowest BCUT2D eigenvalue weighted by atomic mass is 10.1. The summed E-state index contributed by atoms with van der Waals surface area (Å²) in [4.78, 5) is 3.05. The van der Waals surface area contributed by atoms with Crippen LogP contribution < -0.4 is 5.73 Å². The highest BCUT2D eigenvalue weighted by molar-refractivity contribution is 5.25. The van der Waals surface area contributed by atoms with Crippen molar-refractivity contribution in [2.75, 3.05) is 0 Å². The predicted molar refractivity (Wildman–Crippen MR) is 42.8 cm³/mol. The summed E-state index contributed by atoms with van der Waals surface area (Å²) >= 11 is 0. The smallest absolute Gasteiger partial charge is 0.0283 e. The second-order valence-corrected chi connectivity index (χ2v) is 2.58. The van der Waals surface area contributed by atoms with Crippen LogP contribution in [0.1, 0.15) is 31.0 Å². The van der Waals surface area contributed by atoms with Crippen LogP contribution in [-0.2, 0) is 6.42 Å². The van der Waals surface area contributed by atoms with E-state index in [-0.39, 0.29) is 6.04 Å². The average molecular weight is 138 g/mol. The first kappa shape index (κ1) is 7.35. The molecule has 0 saturated carbocycles. The molecular formula is C8H14N2. The minimum Gasteiger partial charge on any atom is -0.367 e. The number of hydrogen-bond acceptors (Lipinski definition) is 1. The first-order chi connectivity index (χ1) is 4.75. The van der Waals surface area contributed by atoms with Crippen LogP contribution in [0, 0.1) is 0 Å². The summed E-state index contributed by atoms with van der Waals surface area (Å²) in [5.41, 5.74) is 8.28. The van der Waals surface area contributed by atoms with Gasteiger partial charge in [-0.05, 0) is 24.5 Å². The zero-order chi connectivity index (χ0) is 7.56. The Balaban J connectivity index is 2.90. The van der Waals surface area contributed by atoms with Gasteiger partial charge >= 0.3 is 0 Å². The Hall–Kier alpha value is -0.760. The maximum absolute atomic E-state index is 5.71. The summed E-state index contributed by atoms with van der Waals surface area (Å²) in [5.74, 6) is 0. The molecule has 1 heterocycles. The highest BCUT2D eigenvalue weighted by atomic mass is 14.7. The number of rotatable bonds is 2. The summed E-state index contributed by atoms with van der Waals surface area (Å²) in [6, 6.07) is 0.154. The number of aromatic amines is 1. The molecule has 0 fully saturated rings. The normalized spacial score (nSPS) is 13.5. The number of nitrogens with one attached hydrogen (secondary N) is 1. The van der Waals surface area contributed by atoms with Crippen molar-refractivity contribution in [1.29, 1.82) is 0 Å². The van der Waals surface area contributed by atoms with Crippen molar-refractivity contribution in [2.24, 2.45) is 5.73 Å². The lowest BCUT2D eigenvalue weighted by molar-refractivity contribution is 0.805. The van der Waals surface area contributed by atoms with Gasteiger partial charge in [-0.3, -0.25) is 0 Å². The van der Waals surface area contributed by atoms with Crippen LogP contribution in [0.15, 0.2) is 12.4 Å². The predicted octanol–water partition coefficient (Wildman–Crippen LogP) is 1.60. The van der Waals surface area contributed by atoms with Crippen LogP contribution in [0.4, 0.5) is 0 Å². The summed E-state index contributed by atoms with van der Waals surface area (Å²) in [6.07, 6.45) is 5.04. The summed E-state index contributed by atoms with van der Waals surface area (Å²) < 4.78 is 0. The highest BCUT2D eigenvalue weighted by Crippen LogP contribution is 2.14. The van der Waals surface area contributed by atoms with E-state index >= 15 is 0 Å². The van der Waals surface area contributed by atoms with Gasteiger partial charge < -0.3 is 10.7 Å². The van der Waals surface area contributed by atoms with Crippen molar-refractivity contribution in [1.82, 2.24) is 4.98 Å². The molecule has 1 unspecified atom stereocenters. The number of nitrogens with two attached hydrogens (primary N) is 1. The van der Waals surface area contributed by atoms with Gasteiger partial charge in [0.1, 0.15) is 0 Å². The second-order valence-electron chi connectivity index (χ2n) is 2.58. The van der Waals surface area contributed by atoms with Crippen LogP contribution in [0.5, 0.6) is 0 Å². The maximum Gasteiger partial charge on any atom is 0.0283 e. The fourth-order valence-corrected chi connectivity index (χ4v) is 1.14. The van der Waals surface area contributed by atoms with Crippen LogP contribution in [-0.4, -0.2) is 4.98 Å². The molecule has 1 rings (SSSR count). The Bertz CT molecular complexity index is 201. The molecule has 56 valence electrons. The average Bonchev–Trinajstić information content (AvgIpc) is 2.33. The number of hydrogen-bond donors (Lipinski definition) is 2. The number of aromatic nitrogens is 1. The van der Waals surface area contributed by atoms with Crippen LogP contribution in [0.3, 0.4) is 0 Å². The SMILES string of the molecule is CCc1c[nH]cc1C(C)N. The molecule has 0 amide bonds. The Labute approximate surface area is 61.4 Å². The lowest BCUT2D eigenvalue weighted by Gasteiger charge is -2.03. The van der Waals surface area contributed by atoms with Gasteiger partial charge in [0.15, 0.2) is 0 Å². The molecule has 0 bridgehead atoms. The van der Waals surface area contributed by atoms with Gasteiger partial charge in [-0.2, -0.15) is 0 Å². The fourth-order valence-electron chi connectivity index (χ4n) is 1.14. The zero-order valence-electron chi connectivity index (χ0n) is 6.52. The Morgan fingerprint density at radius 1 is 1.60 bits per heavy atom. The lowest BCUT2D eigenvalue weighted by Crippen LogP contribution is -2.05.